The molecule has 0 bridgehead atoms. The van der Waals surface area contributed by atoms with Gasteiger partial charge in [0.15, 0.2) is 11.6 Å². The molecule has 2 aromatic rings. The second-order valence-electron chi connectivity index (χ2n) is 4.19. The van der Waals surface area contributed by atoms with Gasteiger partial charge in [0.1, 0.15) is 5.82 Å². The zero-order valence-corrected chi connectivity index (χ0v) is 11.3. The van der Waals surface area contributed by atoms with Crippen molar-refractivity contribution in [3.63, 3.8) is 0 Å². The topological polar surface area (TPSA) is 54.4 Å². The molecule has 0 saturated heterocycles. The van der Waals surface area contributed by atoms with Crippen LogP contribution < -0.4 is 0 Å². The van der Waals surface area contributed by atoms with E-state index in [0.717, 1.165) is 30.3 Å². The fraction of sp³-hybridized carbons (Fsp3) is 0.0714. The van der Waals surface area contributed by atoms with Crippen LogP contribution in [0.3, 0.4) is 0 Å². The molecule has 0 amide bonds. The Hall–Kier alpha value is -2.15. The zero-order chi connectivity index (χ0) is 15.6. The molecule has 110 valence electrons. The lowest BCUT2D eigenvalue weighted by Crippen LogP contribution is -2.04. The summed E-state index contributed by atoms with van der Waals surface area (Å²) < 4.78 is 51.5. The van der Waals surface area contributed by atoms with Crippen molar-refractivity contribution in [3.05, 3.63) is 65.0 Å². The highest BCUT2D eigenvalue weighted by Crippen LogP contribution is 2.19. The second-order valence-corrected chi connectivity index (χ2v) is 5.61. The Morgan fingerprint density at radius 3 is 2.29 bits per heavy atom. The van der Waals surface area contributed by atoms with E-state index in [2.05, 4.69) is 0 Å². The molecule has 1 atom stereocenters. The van der Waals surface area contributed by atoms with Crippen LogP contribution in [0.4, 0.5) is 13.2 Å². The molecular weight excluding hydrogens is 305 g/mol. The molecular formula is C14H9F3O3S. The minimum Gasteiger partial charge on any atom is -0.478 e. The Bertz CT molecular complexity index is 731. The van der Waals surface area contributed by atoms with E-state index in [1.807, 2.05) is 0 Å². The highest BCUT2D eigenvalue weighted by atomic mass is 32.2. The maximum absolute atomic E-state index is 13.6. The van der Waals surface area contributed by atoms with Crippen LogP contribution in [-0.2, 0) is 16.6 Å². The van der Waals surface area contributed by atoms with E-state index in [9.17, 15) is 22.2 Å². The average molecular weight is 314 g/mol. The lowest BCUT2D eigenvalue weighted by atomic mass is 10.2. The molecule has 0 aliphatic carbocycles. The number of hydrogen-bond acceptors (Lipinski definition) is 2. The van der Waals surface area contributed by atoms with Crippen LogP contribution in [0.25, 0.3) is 0 Å². The quantitative estimate of drug-likeness (QED) is 0.943. The Labute approximate surface area is 120 Å². The maximum atomic E-state index is 13.6. The van der Waals surface area contributed by atoms with Crippen molar-refractivity contribution < 1.29 is 27.3 Å². The monoisotopic (exact) mass is 314 g/mol. The standard InChI is InChI=1S/C14H9F3O3S/c15-10-3-1-8(5-12(10)17)7-21(20)13-6-9(14(18)19)2-4-11(13)16/h1-6H,7H2,(H,18,19). The van der Waals surface area contributed by atoms with Gasteiger partial charge in [-0.15, -0.1) is 0 Å². The second kappa shape index (κ2) is 6.09. The summed E-state index contributed by atoms with van der Waals surface area (Å²) >= 11 is 0. The van der Waals surface area contributed by atoms with Crippen LogP contribution in [0.15, 0.2) is 41.3 Å². The first-order chi connectivity index (χ1) is 9.88. The van der Waals surface area contributed by atoms with Crippen molar-refractivity contribution >= 4 is 16.8 Å². The summed E-state index contributed by atoms with van der Waals surface area (Å²) in [6, 6.07) is 5.90. The minimum atomic E-state index is -1.92. The van der Waals surface area contributed by atoms with Crippen LogP contribution in [-0.4, -0.2) is 15.3 Å². The summed E-state index contributed by atoms with van der Waals surface area (Å²) in [6.07, 6.45) is 0. The normalized spacial score (nSPS) is 12.1. The molecule has 0 aliphatic rings. The van der Waals surface area contributed by atoms with E-state index < -0.39 is 34.2 Å². The summed E-state index contributed by atoms with van der Waals surface area (Å²) in [5.41, 5.74) is 0.0115. The van der Waals surface area contributed by atoms with Crippen molar-refractivity contribution in [1.29, 1.82) is 0 Å². The Kier molecular flexibility index (Phi) is 4.42. The van der Waals surface area contributed by atoms with Crippen LogP contribution >= 0.6 is 0 Å². The van der Waals surface area contributed by atoms with Gasteiger partial charge < -0.3 is 5.11 Å². The highest BCUT2D eigenvalue weighted by molar-refractivity contribution is 7.84. The van der Waals surface area contributed by atoms with Gasteiger partial charge in [0, 0.05) is 0 Å². The molecule has 0 aliphatic heterocycles. The van der Waals surface area contributed by atoms with Gasteiger partial charge in [-0.25, -0.2) is 18.0 Å². The van der Waals surface area contributed by atoms with Crippen molar-refractivity contribution in [2.75, 3.05) is 0 Å². The lowest BCUT2D eigenvalue weighted by Gasteiger charge is -2.06. The summed E-state index contributed by atoms with van der Waals surface area (Å²) in [5, 5.41) is 8.83. The molecule has 2 rings (SSSR count). The third-order valence-electron chi connectivity index (χ3n) is 2.71. The zero-order valence-electron chi connectivity index (χ0n) is 10.5. The molecule has 1 N–H and O–H groups in total. The molecule has 0 spiro atoms. The smallest absolute Gasteiger partial charge is 0.335 e. The SMILES string of the molecule is O=C(O)c1ccc(F)c(S(=O)Cc2ccc(F)c(F)c2)c1. The molecule has 2 aromatic carbocycles. The minimum absolute atomic E-state index is 0.204. The fourth-order valence-corrected chi connectivity index (χ4v) is 2.85. The first kappa shape index (κ1) is 15.2. The fourth-order valence-electron chi connectivity index (χ4n) is 1.67. The first-order valence-electron chi connectivity index (χ1n) is 5.73. The first-order valence-corrected chi connectivity index (χ1v) is 7.05. The highest BCUT2D eigenvalue weighted by Gasteiger charge is 2.15. The Balaban J connectivity index is 2.29. The number of rotatable bonds is 4. The molecule has 3 nitrogen and oxygen atoms in total. The number of aromatic carboxylic acids is 1. The number of carboxylic acids is 1. The molecule has 1 unspecified atom stereocenters. The Morgan fingerprint density at radius 2 is 1.67 bits per heavy atom. The van der Waals surface area contributed by atoms with Crippen LogP contribution in [0.1, 0.15) is 15.9 Å². The molecule has 0 radical (unpaired) electrons. The van der Waals surface area contributed by atoms with E-state index >= 15 is 0 Å². The summed E-state index contributed by atoms with van der Waals surface area (Å²) in [7, 11) is -1.92. The van der Waals surface area contributed by atoms with E-state index in [4.69, 9.17) is 5.11 Å². The lowest BCUT2D eigenvalue weighted by molar-refractivity contribution is 0.0696. The third kappa shape index (κ3) is 3.49. The van der Waals surface area contributed by atoms with Gasteiger partial charge in [-0.1, -0.05) is 6.07 Å². The maximum Gasteiger partial charge on any atom is 0.335 e. The molecule has 0 saturated carbocycles. The van der Waals surface area contributed by atoms with Gasteiger partial charge in [0.2, 0.25) is 0 Å². The molecule has 0 heterocycles. The van der Waals surface area contributed by atoms with E-state index in [1.54, 1.807) is 0 Å². The predicted octanol–water partition coefficient (Wildman–Crippen LogP) is 3.11. The van der Waals surface area contributed by atoms with Gasteiger partial charge in [-0.05, 0) is 35.9 Å². The van der Waals surface area contributed by atoms with Crippen molar-refractivity contribution in [2.45, 2.75) is 10.6 Å². The van der Waals surface area contributed by atoms with Gasteiger partial charge in [0.25, 0.3) is 0 Å². The van der Waals surface area contributed by atoms with Crippen LogP contribution in [0, 0.1) is 17.5 Å². The summed E-state index contributed by atoms with van der Waals surface area (Å²) in [5.74, 6) is -4.48. The number of benzene rings is 2. The van der Waals surface area contributed by atoms with Crippen molar-refractivity contribution in [2.24, 2.45) is 0 Å². The van der Waals surface area contributed by atoms with Crippen LogP contribution in [0.5, 0.6) is 0 Å². The van der Waals surface area contributed by atoms with Crippen molar-refractivity contribution in [3.8, 4) is 0 Å². The van der Waals surface area contributed by atoms with Gasteiger partial charge in [0.05, 0.1) is 27.0 Å². The molecule has 21 heavy (non-hydrogen) atoms. The third-order valence-corrected chi connectivity index (χ3v) is 4.10. The molecule has 0 aromatic heterocycles. The number of carbonyl (C=O) groups is 1. The van der Waals surface area contributed by atoms with Gasteiger partial charge in [-0.3, -0.25) is 4.21 Å². The van der Waals surface area contributed by atoms with Gasteiger partial charge in [-0.2, -0.15) is 0 Å². The number of carboxylic acid groups (broad SMARTS) is 1. The average Bonchev–Trinajstić information content (AvgIpc) is 2.43. The molecule has 0 fully saturated rings. The Morgan fingerprint density at radius 1 is 1.00 bits per heavy atom. The van der Waals surface area contributed by atoms with Crippen molar-refractivity contribution in [1.82, 2.24) is 0 Å². The van der Waals surface area contributed by atoms with E-state index in [-0.39, 0.29) is 21.8 Å². The molecule has 7 heteroatoms. The predicted molar refractivity (Wildman–Crippen MR) is 69.8 cm³/mol. The van der Waals surface area contributed by atoms with Crippen LogP contribution in [0.2, 0.25) is 0 Å². The van der Waals surface area contributed by atoms with E-state index in [0.29, 0.717) is 0 Å². The summed E-state index contributed by atoms with van der Waals surface area (Å²) in [6.45, 7) is 0. The van der Waals surface area contributed by atoms with Gasteiger partial charge >= 0.3 is 5.97 Å². The van der Waals surface area contributed by atoms with E-state index in [1.165, 1.54) is 6.07 Å². The largest absolute Gasteiger partial charge is 0.478 e. The number of halogens is 3. The summed E-state index contributed by atoms with van der Waals surface area (Å²) in [4.78, 5) is 10.5. The number of hydrogen-bond donors (Lipinski definition) is 1.